The molecule has 2 aliphatic carbocycles. The van der Waals surface area contributed by atoms with Crippen LogP contribution >= 0.6 is 0 Å². The van der Waals surface area contributed by atoms with Crippen molar-refractivity contribution in [1.82, 2.24) is 4.98 Å². The van der Waals surface area contributed by atoms with Gasteiger partial charge in [-0.15, -0.1) is 0 Å². The van der Waals surface area contributed by atoms with E-state index in [4.69, 9.17) is 4.74 Å². The van der Waals surface area contributed by atoms with Crippen molar-refractivity contribution in [3.63, 3.8) is 0 Å². The lowest BCUT2D eigenvalue weighted by atomic mass is 9.64. The fourth-order valence-electron chi connectivity index (χ4n) is 6.24. The molecule has 4 aromatic rings. The highest BCUT2D eigenvalue weighted by Gasteiger charge is 2.60. The summed E-state index contributed by atoms with van der Waals surface area (Å²) in [6.07, 6.45) is 6.71. The van der Waals surface area contributed by atoms with E-state index in [1.165, 1.54) is 7.11 Å². The van der Waals surface area contributed by atoms with Crippen molar-refractivity contribution in [3.05, 3.63) is 74.7 Å². The Labute approximate surface area is 236 Å². The molecular formula is C31H23NO10. The van der Waals surface area contributed by atoms with Gasteiger partial charge in [-0.3, -0.25) is 19.2 Å². The minimum Gasteiger partial charge on any atom is -0.507 e. The van der Waals surface area contributed by atoms with Gasteiger partial charge in [0.25, 0.3) is 5.56 Å². The molecule has 3 aromatic carbocycles. The average Bonchev–Trinajstić information content (AvgIpc) is 3.34. The van der Waals surface area contributed by atoms with Crippen molar-refractivity contribution in [1.29, 1.82) is 0 Å². The van der Waals surface area contributed by atoms with Crippen LogP contribution in [0, 0.1) is 0 Å². The van der Waals surface area contributed by atoms with Gasteiger partial charge in [0.1, 0.15) is 28.4 Å². The molecule has 1 heterocycles. The van der Waals surface area contributed by atoms with E-state index in [0.29, 0.717) is 16.6 Å². The Kier molecular flexibility index (Phi) is 5.68. The van der Waals surface area contributed by atoms with E-state index in [-0.39, 0.29) is 29.5 Å². The summed E-state index contributed by atoms with van der Waals surface area (Å²) in [6, 6.07) is 4.11. The molecular weight excluding hydrogens is 546 g/mol. The predicted octanol–water partition coefficient (Wildman–Crippen LogP) is 3.64. The number of ether oxygens (including phenoxy) is 1. The van der Waals surface area contributed by atoms with E-state index < -0.39 is 79.0 Å². The van der Waals surface area contributed by atoms with Gasteiger partial charge in [-0.2, -0.15) is 0 Å². The summed E-state index contributed by atoms with van der Waals surface area (Å²) in [7, 11) is 1.17. The number of H-pyrrole nitrogens is 1. The number of phenols is 5. The van der Waals surface area contributed by atoms with E-state index in [0.717, 1.165) is 6.07 Å². The summed E-state index contributed by atoms with van der Waals surface area (Å²) >= 11 is 0. The number of methoxy groups -OCH3 is 1. The van der Waals surface area contributed by atoms with Crippen LogP contribution < -0.4 is 10.3 Å². The first-order valence-corrected chi connectivity index (χ1v) is 12.9. The summed E-state index contributed by atoms with van der Waals surface area (Å²) in [5.74, 6) is -8.10. The van der Waals surface area contributed by atoms with Gasteiger partial charge in [0.15, 0.2) is 17.3 Å². The van der Waals surface area contributed by atoms with Crippen LogP contribution in [0.3, 0.4) is 0 Å². The summed E-state index contributed by atoms with van der Waals surface area (Å²) in [4.78, 5) is 57.4. The molecule has 2 aliphatic rings. The van der Waals surface area contributed by atoms with Gasteiger partial charge >= 0.3 is 0 Å². The Balaban J connectivity index is 1.65. The number of rotatable bonds is 3. The molecule has 0 saturated carbocycles. The van der Waals surface area contributed by atoms with Crippen LogP contribution in [0.1, 0.15) is 50.9 Å². The van der Waals surface area contributed by atoms with Crippen molar-refractivity contribution >= 4 is 45.0 Å². The molecule has 0 radical (unpaired) electrons. The number of aromatic hydroxyl groups is 5. The first kappa shape index (κ1) is 26.6. The smallest absolute Gasteiger partial charge is 0.260 e. The number of phenolic OH excluding ortho intramolecular Hbond substituents is 5. The number of ketones is 3. The molecule has 212 valence electrons. The monoisotopic (exact) mass is 569 g/mol. The topological polar surface area (TPSA) is 194 Å². The number of carbonyl (C=O) groups excluding carboxylic acids is 3. The largest absolute Gasteiger partial charge is 0.507 e. The Morgan fingerprint density at radius 1 is 0.833 bits per heavy atom. The Bertz CT molecular complexity index is 2070. The highest BCUT2D eigenvalue weighted by atomic mass is 16.5. The molecule has 11 heteroatoms. The number of aromatic nitrogens is 1. The number of aryl methyl sites for hydroxylation is 1. The van der Waals surface area contributed by atoms with Crippen LogP contribution in [0.25, 0.3) is 27.6 Å². The van der Waals surface area contributed by atoms with E-state index >= 15 is 0 Å². The van der Waals surface area contributed by atoms with Gasteiger partial charge in [-0.1, -0.05) is 24.3 Å². The SMILES string of the molecule is CC=C/C=C/c1cc2cc3c(c(O)c2c(=O)[nH]1)[C@@]1(CC3)C(=O)C(=O)c2c(c(O)c3c(O)c(OC)cc(O)c3c2O)C1=O. The number of hydrogen-bond donors (Lipinski definition) is 6. The Hall–Kier alpha value is -5.58. The molecule has 1 spiro atoms. The first-order chi connectivity index (χ1) is 20.0. The lowest BCUT2D eigenvalue weighted by Crippen LogP contribution is -2.50. The third-order valence-electron chi connectivity index (χ3n) is 8.08. The number of hydrogen-bond acceptors (Lipinski definition) is 10. The van der Waals surface area contributed by atoms with Crippen LogP contribution in [0.5, 0.6) is 34.5 Å². The fourth-order valence-corrected chi connectivity index (χ4v) is 6.24. The molecule has 0 fully saturated rings. The highest BCUT2D eigenvalue weighted by Crippen LogP contribution is 2.57. The van der Waals surface area contributed by atoms with Gasteiger partial charge < -0.3 is 35.3 Å². The molecule has 0 amide bonds. The van der Waals surface area contributed by atoms with E-state index in [1.807, 2.05) is 6.92 Å². The Morgan fingerprint density at radius 3 is 2.24 bits per heavy atom. The number of nitrogens with one attached hydrogen (secondary N) is 1. The third-order valence-corrected chi connectivity index (χ3v) is 8.08. The number of carbonyl (C=O) groups is 3. The molecule has 0 aliphatic heterocycles. The van der Waals surface area contributed by atoms with E-state index in [1.54, 1.807) is 36.4 Å². The van der Waals surface area contributed by atoms with Crippen LogP contribution in [0.4, 0.5) is 0 Å². The second kappa shape index (κ2) is 8.96. The number of allylic oxidation sites excluding steroid dienone is 3. The Morgan fingerprint density at radius 2 is 1.55 bits per heavy atom. The fraction of sp³-hybridized carbons (Fsp3) is 0.161. The molecule has 0 saturated heterocycles. The van der Waals surface area contributed by atoms with Crippen LogP contribution in [-0.2, 0) is 16.6 Å². The van der Waals surface area contributed by atoms with Crippen molar-refractivity contribution < 1.29 is 44.7 Å². The quantitative estimate of drug-likeness (QED) is 0.0918. The maximum Gasteiger partial charge on any atom is 0.260 e. The molecule has 42 heavy (non-hydrogen) atoms. The zero-order valence-electron chi connectivity index (χ0n) is 22.2. The molecule has 1 aromatic heterocycles. The number of pyridine rings is 1. The first-order valence-electron chi connectivity index (χ1n) is 12.9. The van der Waals surface area contributed by atoms with Crippen LogP contribution in [0.15, 0.2) is 41.2 Å². The maximum absolute atomic E-state index is 14.3. The summed E-state index contributed by atoms with van der Waals surface area (Å²) < 4.78 is 5.00. The normalized spacial score (nSPS) is 18.2. The van der Waals surface area contributed by atoms with Gasteiger partial charge in [-0.05, 0) is 42.9 Å². The van der Waals surface area contributed by atoms with Crippen molar-refractivity contribution in [2.24, 2.45) is 0 Å². The molecule has 11 nitrogen and oxygen atoms in total. The van der Waals surface area contributed by atoms with Gasteiger partial charge in [0.05, 0.1) is 34.4 Å². The number of Topliss-reactive ketones (excluding diaryl/α,β-unsaturated/α-hetero) is 3. The molecule has 0 unspecified atom stereocenters. The van der Waals surface area contributed by atoms with Gasteiger partial charge in [0.2, 0.25) is 11.6 Å². The molecule has 0 bridgehead atoms. The second-order valence-electron chi connectivity index (χ2n) is 10.2. The summed E-state index contributed by atoms with van der Waals surface area (Å²) in [5, 5.41) is 53.9. The molecule has 6 N–H and O–H groups in total. The number of benzene rings is 3. The average molecular weight is 570 g/mol. The standard InChI is InChI=1S/C31H23NO10/c1-3-4-5-6-14-10-13-9-12-7-8-31(22(12)26(37)17(13)30(41)32-14)28(39)21-20(27(38)29(31)40)24(35)18-15(33)11-16(42-2)23(34)19(18)25(21)36/h3-6,9-11,33-37H,7-8H2,1-2H3,(H,32,41)/b4-3?,6-5+/t31-/m1/s1. The van der Waals surface area contributed by atoms with E-state index in [9.17, 15) is 44.7 Å². The number of aromatic amines is 1. The van der Waals surface area contributed by atoms with Crippen molar-refractivity contribution in [2.75, 3.05) is 7.11 Å². The molecule has 1 atom stereocenters. The van der Waals surface area contributed by atoms with Crippen LogP contribution in [-0.4, -0.2) is 55.0 Å². The zero-order valence-corrected chi connectivity index (χ0v) is 22.2. The summed E-state index contributed by atoms with van der Waals surface area (Å²) in [6.45, 7) is 1.83. The number of fused-ring (bicyclic) bond motifs is 5. The second-order valence-corrected chi connectivity index (χ2v) is 10.2. The minimum atomic E-state index is -2.32. The lowest BCUT2D eigenvalue weighted by Gasteiger charge is -2.33. The summed E-state index contributed by atoms with van der Waals surface area (Å²) in [5.41, 5.74) is -4.07. The van der Waals surface area contributed by atoms with Crippen molar-refractivity contribution in [2.45, 2.75) is 25.2 Å². The maximum atomic E-state index is 14.3. The van der Waals surface area contributed by atoms with E-state index in [2.05, 4.69) is 4.98 Å². The zero-order chi connectivity index (χ0) is 30.2. The van der Waals surface area contributed by atoms with Crippen LogP contribution in [0.2, 0.25) is 0 Å². The lowest BCUT2D eigenvalue weighted by molar-refractivity contribution is -0.119. The highest BCUT2D eigenvalue weighted by molar-refractivity contribution is 6.57. The minimum absolute atomic E-state index is 0.0651. The predicted molar refractivity (Wildman–Crippen MR) is 151 cm³/mol. The van der Waals surface area contributed by atoms with Gasteiger partial charge in [-0.25, -0.2) is 0 Å². The van der Waals surface area contributed by atoms with Gasteiger partial charge in [0, 0.05) is 17.3 Å². The van der Waals surface area contributed by atoms with Crippen molar-refractivity contribution in [3.8, 4) is 34.5 Å². The molecule has 6 rings (SSSR count). The third kappa shape index (κ3) is 3.21.